The van der Waals surface area contributed by atoms with Gasteiger partial charge < -0.3 is 9.63 Å². The number of carboxylic acids is 1. The number of aromatic nitrogens is 2. The van der Waals surface area contributed by atoms with E-state index in [2.05, 4.69) is 14.7 Å². The number of carboxylic acid groups (broad SMARTS) is 1. The Labute approximate surface area is 100.0 Å². The summed E-state index contributed by atoms with van der Waals surface area (Å²) >= 11 is 0. The Bertz CT molecular complexity index is 449. The van der Waals surface area contributed by atoms with Crippen molar-refractivity contribution in [3.8, 4) is 0 Å². The molecule has 0 unspecified atom stereocenters. The number of nitrogens with zero attached hydrogens (tertiary/aromatic N) is 2. The van der Waals surface area contributed by atoms with Gasteiger partial charge in [0.25, 0.3) is 5.82 Å². The highest BCUT2D eigenvalue weighted by Crippen LogP contribution is 2.41. The SMILES string of the molecule is O=C(O)C1(Cc2nc(C(F)(F)F)no2)CCCC1. The van der Waals surface area contributed by atoms with Gasteiger partial charge in [-0.25, -0.2) is 0 Å². The minimum absolute atomic E-state index is 0.147. The molecule has 1 N–H and O–H groups in total. The molecule has 100 valence electrons. The molecule has 18 heavy (non-hydrogen) atoms. The summed E-state index contributed by atoms with van der Waals surface area (Å²) in [6.07, 6.45) is -2.49. The lowest BCUT2D eigenvalue weighted by Crippen LogP contribution is -2.30. The van der Waals surface area contributed by atoms with E-state index in [9.17, 15) is 23.1 Å². The van der Waals surface area contributed by atoms with E-state index in [0.717, 1.165) is 12.8 Å². The Hall–Kier alpha value is -1.60. The molecule has 0 atom stereocenters. The molecule has 0 saturated heterocycles. The molecule has 1 heterocycles. The van der Waals surface area contributed by atoms with Gasteiger partial charge in [-0.1, -0.05) is 18.0 Å². The molecule has 0 amide bonds. The van der Waals surface area contributed by atoms with Crippen molar-refractivity contribution in [2.45, 2.75) is 38.3 Å². The molecule has 1 aromatic rings. The summed E-state index contributed by atoms with van der Waals surface area (Å²) in [5.74, 6) is -2.66. The lowest BCUT2D eigenvalue weighted by Gasteiger charge is -2.21. The van der Waals surface area contributed by atoms with Crippen LogP contribution in [0, 0.1) is 5.41 Å². The smallest absolute Gasteiger partial charge is 0.455 e. The maximum absolute atomic E-state index is 12.3. The van der Waals surface area contributed by atoms with Gasteiger partial charge in [0.05, 0.1) is 5.41 Å². The molecular weight excluding hydrogens is 253 g/mol. The Morgan fingerprint density at radius 1 is 1.39 bits per heavy atom. The average Bonchev–Trinajstić information content (AvgIpc) is 2.86. The van der Waals surface area contributed by atoms with E-state index >= 15 is 0 Å². The van der Waals surface area contributed by atoms with Crippen LogP contribution in [0.25, 0.3) is 0 Å². The van der Waals surface area contributed by atoms with Crippen LogP contribution in [0.15, 0.2) is 4.52 Å². The van der Waals surface area contributed by atoms with Crippen LogP contribution in [-0.2, 0) is 17.4 Å². The standard InChI is InChI=1S/C10H11F3N2O3/c11-10(12,13)7-14-6(18-15-7)5-9(8(16)17)3-1-2-4-9/h1-5H2,(H,16,17). The van der Waals surface area contributed by atoms with E-state index < -0.39 is 23.4 Å². The van der Waals surface area contributed by atoms with Gasteiger partial charge in [-0.3, -0.25) is 4.79 Å². The third-order valence-electron chi connectivity index (χ3n) is 3.23. The molecule has 1 aromatic heterocycles. The maximum atomic E-state index is 12.3. The van der Waals surface area contributed by atoms with Crippen LogP contribution in [0.1, 0.15) is 37.4 Å². The van der Waals surface area contributed by atoms with Gasteiger partial charge >= 0.3 is 12.1 Å². The third-order valence-corrected chi connectivity index (χ3v) is 3.23. The van der Waals surface area contributed by atoms with Crippen LogP contribution in [-0.4, -0.2) is 21.2 Å². The second-order valence-electron chi connectivity index (χ2n) is 4.48. The van der Waals surface area contributed by atoms with Gasteiger partial charge in [0, 0.05) is 6.42 Å². The fourth-order valence-corrected chi connectivity index (χ4v) is 2.25. The second kappa shape index (κ2) is 4.25. The minimum Gasteiger partial charge on any atom is -0.481 e. The molecule has 8 heteroatoms. The first-order valence-electron chi connectivity index (χ1n) is 5.47. The fraction of sp³-hybridized carbons (Fsp3) is 0.700. The minimum atomic E-state index is -4.67. The number of rotatable bonds is 3. The molecule has 5 nitrogen and oxygen atoms in total. The Balaban J connectivity index is 2.18. The molecule has 1 aliphatic rings. The van der Waals surface area contributed by atoms with E-state index in [1.165, 1.54) is 0 Å². The second-order valence-corrected chi connectivity index (χ2v) is 4.48. The van der Waals surface area contributed by atoms with E-state index in [-0.39, 0.29) is 12.3 Å². The molecule has 0 radical (unpaired) electrons. The van der Waals surface area contributed by atoms with Crippen LogP contribution in [0.4, 0.5) is 13.2 Å². The van der Waals surface area contributed by atoms with Crippen molar-refractivity contribution in [3.05, 3.63) is 11.7 Å². The van der Waals surface area contributed by atoms with Crippen molar-refractivity contribution in [2.24, 2.45) is 5.41 Å². The Morgan fingerprint density at radius 3 is 2.44 bits per heavy atom. The summed E-state index contributed by atoms with van der Waals surface area (Å²) < 4.78 is 41.3. The first kappa shape index (κ1) is 12.8. The number of carbonyl (C=O) groups is 1. The number of aliphatic carboxylic acids is 1. The molecule has 0 spiro atoms. The Morgan fingerprint density at radius 2 is 2.00 bits per heavy atom. The number of hydrogen-bond donors (Lipinski definition) is 1. The zero-order chi connectivity index (χ0) is 13.4. The van der Waals surface area contributed by atoms with Gasteiger partial charge in [-0.2, -0.15) is 18.2 Å². The number of hydrogen-bond acceptors (Lipinski definition) is 4. The lowest BCUT2D eigenvalue weighted by atomic mass is 9.83. The van der Waals surface area contributed by atoms with Crippen molar-refractivity contribution in [1.82, 2.24) is 10.1 Å². The van der Waals surface area contributed by atoms with Gasteiger partial charge in [-0.05, 0) is 12.8 Å². The molecule has 1 saturated carbocycles. The quantitative estimate of drug-likeness (QED) is 0.906. The molecule has 1 fully saturated rings. The normalized spacial score (nSPS) is 19.1. The summed E-state index contributed by atoms with van der Waals surface area (Å²) in [5, 5.41) is 12.0. The topological polar surface area (TPSA) is 76.2 Å². The number of halogens is 3. The third kappa shape index (κ3) is 2.32. The average molecular weight is 264 g/mol. The van der Waals surface area contributed by atoms with E-state index in [1.807, 2.05) is 0 Å². The van der Waals surface area contributed by atoms with Gasteiger partial charge in [0.15, 0.2) is 0 Å². The number of alkyl halides is 3. The van der Waals surface area contributed by atoms with E-state index in [4.69, 9.17) is 0 Å². The summed E-state index contributed by atoms with van der Waals surface area (Å²) in [7, 11) is 0. The zero-order valence-corrected chi connectivity index (χ0v) is 9.33. The molecule has 2 rings (SSSR count). The molecule has 1 aliphatic carbocycles. The van der Waals surface area contributed by atoms with Gasteiger partial charge in [0.2, 0.25) is 5.89 Å². The summed E-state index contributed by atoms with van der Waals surface area (Å²) in [6, 6.07) is 0. The van der Waals surface area contributed by atoms with Gasteiger partial charge in [0.1, 0.15) is 0 Å². The predicted octanol–water partition coefficient (Wildman–Crippen LogP) is 2.28. The van der Waals surface area contributed by atoms with Gasteiger partial charge in [-0.15, -0.1) is 0 Å². The highest BCUT2D eigenvalue weighted by Gasteiger charge is 2.44. The highest BCUT2D eigenvalue weighted by molar-refractivity contribution is 5.75. The van der Waals surface area contributed by atoms with Crippen LogP contribution >= 0.6 is 0 Å². The summed E-state index contributed by atoms with van der Waals surface area (Å²) in [5.41, 5.74) is -1.06. The summed E-state index contributed by atoms with van der Waals surface area (Å²) in [6.45, 7) is 0. The molecule has 0 bridgehead atoms. The first-order chi connectivity index (χ1) is 8.33. The molecular formula is C10H11F3N2O3. The predicted molar refractivity (Wildman–Crippen MR) is 51.5 cm³/mol. The highest BCUT2D eigenvalue weighted by atomic mass is 19.4. The monoisotopic (exact) mass is 264 g/mol. The largest absolute Gasteiger partial charge is 0.481 e. The zero-order valence-electron chi connectivity index (χ0n) is 9.33. The van der Waals surface area contributed by atoms with Crippen molar-refractivity contribution in [3.63, 3.8) is 0 Å². The van der Waals surface area contributed by atoms with Crippen molar-refractivity contribution >= 4 is 5.97 Å². The lowest BCUT2D eigenvalue weighted by molar-refractivity contribution is -0.149. The first-order valence-corrected chi connectivity index (χ1v) is 5.47. The molecule has 0 aromatic carbocycles. The van der Waals surface area contributed by atoms with E-state index in [0.29, 0.717) is 12.8 Å². The van der Waals surface area contributed by atoms with Crippen LogP contribution in [0.2, 0.25) is 0 Å². The fourth-order valence-electron chi connectivity index (χ4n) is 2.25. The van der Waals surface area contributed by atoms with Crippen molar-refractivity contribution in [2.75, 3.05) is 0 Å². The maximum Gasteiger partial charge on any atom is 0.455 e. The van der Waals surface area contributed by atoms with Crippen LogP contribution in [0.5, 0.6) is 0 Å². The Kier molecular flexibility index (Phi) is 3.04. The van der Waals surface area contributed by atoms with Crippen LogP contribution in [0.3, 0.4) is 0 Å². The molecule has 0 aliphatic heterocycles. The van der Waals surface area contributed by atoms with Crippen molar-refractivity contribution < 1.29 is 27.6 Å². The van der Waals surface area contributed by atoms with Crippen LogP contribution < -0.4 is 0 Å². The van der Waals surface area contributed by atoms with E-state index in [1.54, 1.807) is 0 Å². The van der Waals surface area contributed by atoms with Crippen molar-refractivity contribution in [1.29, 1.82) is 0 Å². The summed E-state index contributed by atoms with van der Waals surface area (Å²) in [4.78, 5) is 14.4.